The molecule has 0 saturated carbocycles. The SMILES string of the molecule is COc1ccc(C2=NN(C(=O)CN3CCN(Cc4ccccc4)CC3)[C@H](c3ccc(F)cc3)C2)c(OC)c1. The lowest BCUT2D eigenvalue weighted by atomic mass is 9.97. The monoisotopic (exact) mass is 516 g/mol. The maximum absolute atomic E-state index is 13.7. The number of methoxy groups -OCH3 is 2. The quantitative estimate of drug-likeness (QED) is 0.446. The highest BCUT2D eigenvalue weighted by Crippen LogP contribution is 2.36. The second-order valence-corrected chi connectivity index (χ2v) is 9.66. The van der Waals surface area contributed by atoms with Crippen molar-refractivity contribution in [2.75, 3.05) is 46.9 Å². The molecule has 1 saturated heterocycles. The molecule has 1 amide bonds. The van der Waals surface area contributed by atoms with Crippen molar-refractivity contribution in [2.45, 2.75) is 19.0 Å². The van der Waals surface area contributed by atoms with Crippen molar-refractivity contribution in [3.8, 4) is 11.5 Å². The van der Waals surface area contributed by atoms with E-state index in [4.69, 9.17) is 14.6 Å². The summed E-state index contributed by atoms with van der Waals surface area (Å²) in [4.78, 5) is 18.2. The number of halogens is 1. The molecule has 2 aliphatic rings. The number of benzene rings is 3. The van der Waals surface area contributed by atoms with E-state index in [1.165, 1.54) is 17.7 Å². The third-order valence-electron chi connectivity index (χ3n) is 7.21. The fourth-order valence-electron chi connectivity index (χ4n) is 5.10. The molecule has 198 valence electrons. The molecule has 0 aromatic heterocycles. The Morgan fingerprint density at radius 1 is 0.921 bits per heavy atom. The minimum Gasteiger partial charge on any atom is -0.497 e. The first kappa shape index (κ1) is 25.9. The number of hydrazone groups is 1. The Bertz CT molecular complexity index is 1270. The smallest absolute Gasteiger partial charge is 0.257 e. The van der Waals surface area contributed by atoms with Gasteiger partial charge in [-0.25, -0.2) is 9.40 Å². The summed E-state index contributed by atoms with van der Waals surface area (Å²) < 4.78 is 24.6. The standard InChI is InChI=1S/C30H33FN4O3/c1-37-25-12-13-26(29(18-25)38-2)27-19-28(23-8-10-24(31)11-9-23)35(32-27)30(36)21-34-16-14-33(15-17-34)20-22-6-4-3-5-7-22/h3-13,18,28H,14-17,19-21H2,1-2H3/t28-/m0/s1. The first-order chi connectivity index (χ1) is 18.5. The van der Waals surface area contributed by atoms with Crippen LogP contribution in [-0.4, -0.2) is 73.4 Å². The van der Waals surface area contributed by atoms with E-state index in [9.17, 15) is 9.18 Å². The number of hydrogen-bond donors (Lipinski definition) is 0. The van der Waals surface area contributed by atoms with Gasteiger partial charge in [-0.1, -0.05) is 42.5 Å². The Balaban J connectivity index is 1.31. The second kappa shape index (κ2) is 11.8. The lowest BCUT2D eigenvalue weighted by molar-refractivity contribution is -0.134. The van der Waals surface area contributed by atoms with Crippen molar-refractivity contribution in [3.63, 3.8) is 0 Å². The van der Waals surface area contributed by atoms with E-state index in [-0.39, 0.29) is 24.3 Å². The summed E-state index contributed by atoms with van der Waals surface area (Å²) in [5, 5.41) is 6.36. The minimum atomic E-state index is -0.315. The van der Waals surface area contributed by atoms with E-state index in [2.05, 4.69) is 34.1 Å². The van der Waals surface area contributed by atoms with Crippen LogP contribution in [0.25, 0.3) is 0 Å². The molecule has 38 heavy (non-hydrogen) atoms. The van der Waals surface area contributed by atoms with Crippen molar-refractivity contribution in [1.82, 2.24) is 14.8 Å². The third kappa shape index (κ3) is 5.87. The molecule has 0 unspecified atom stereocenters. The lowest BCUT2D eigenvalue weighted by Gasteiger charge is -2.35. The fourth-order valence-corrected chi connectivity index (χ4v) is 5.10. The van der Waals surface area contributed by atoms with E-state index in [0.717, 1.165) is 49.6 Å². The van der Waals surface area contributed by atoms with Crippen LogP contribution in [0.1, 0.15) is 29.2 Å². The van der Waals surface area contributed by atoms with Gasteiger partial charge < -0.3 is 9.47 Å². The molecule has 0 radical (unpaired) electrons. The molecule has 5 rings (SSSR count). The predicted octanol–water partition coefficient (Wildman–Crippen LogP) is 4.34. The number of piperazine rings is 1. The van der Waals surface area contributed by atoms with Gasteiger partial charge in [0.1, 0.15) is 17.3 Å². The Morgan fingerprint density at radius 2 is 1.63 bits per heavy atom. The van der Waals surface area contributed by atoms with Gasteiger partial charge in [-0.2, -0.15) is 5.10 Å². The van der Waals surface area contributed by atoms with E-state index in [0.29, 0.717) is 17.9 Å². The zero-order chi connectivity index (χ0) is 26.5. The van der Waals surface area contributed by atoms with Crippen LogP contribution in [0.3, 0.4) is 0 Å². The minimum absolute atomic E-state index is 0.0710. The molecular formula is C30H33FN4O3. The maximum Gasteiger partial charge on any atom is 0.257 e. The molecule has 0 spiro atoms. The molecule has 1 atom stereocenters. The second-order valence-electron chi connectivity index (χ2n) is 9.66. The Hall–Kier alpha value is -3.75. The highest BCUT2D eigenvalue weighted by molar-refractivity contribution is 6.05. The molecule has 3 aromatic rings. The summed E-state index contributed by atoms with van der Waals surface area (Å²) in [6.45, 7) is 4.64. The Labute approximate surface area is 223 Å². The normalized spacial score (nSPS) is 18.3. The molecule has 0 bridgehead atoms. The van der Waals surface area contributed by atoms with E-state index in [1.54, 1.807) is 31.4 Å². The van der Waals surface area contributed by atoms with Crippen LogP contribution in [0.4, 0.5) is 4.39 Å². The molecule has 0 aliphatic carbocycles. The molecule has 2 aliphatic heterocycles. The summed E-state index contributed by atoms with van der Waals surface area (Å²) >= 11 is 0. The maximum atomic E-state index is 13.7. The van der Waals surface area contributed by atoms with Crippen molar-refractivity contribution >= 4 is 11.6 Å². The molecule has 0 N–H and O–H groups in total. The predicted molar refractivity (Wildman–Crippen MR) is 145 cm³/mol. The van der Waals surface area contributed by atoms with Crippen LogP contribution in [0.5, 0.6) is 11.5 Å². The third-order valence-corrected chi connectivity index (χ3v) is 7.21. The van der Waals surface area contributed by atoms with Crippen LogP contribution < -0.4 is 9.47 Å². The Morgan fingerprint density at radius 3 is 2.32 bits per heavy atom. The van der Waals surface area contributed by atoms with Crippen LogP contribution >= 0.6 is 0 Å². The average molecular weight is 517 g/mol. The van der Waals surface area contributed by atoms with Crippen molar-refractivity contribution < 1.29 is 18.7 Å². The first-order valence-corrected chi connectivity index (χ1v) is 12.9. The first-order valence-electron chi connectivity index (χ1n) is 12.9. The highest BCUT2D eigenvalue weighted by Gasteiger charge is 2.35. The van der Waals surface area contributed by atoms with Gasteiger partial charge in [0.2, 0.25) is 0 Å². The largest absolute Gasteiger partial charge is 0.497 e. The number of ether oxygens (including phenoxy) is 2. The number of carbonyl (C=O) groups is 1. The van der Waals surface area contributed by atoms with Gasteiger partial charge in [0.15, 0.2) is 0 Å². The summed E-state index contributed by atoms with van der Waals surface area (Å²) in [6.07, 6.45) is 0.505. The number of nitrogens with zero attached hydrogens (tertiary/aromatic N) is 4. The van der Waals surface area contributed by atoms with Crippen LogP contribution in [0, 0.1) is 5.82 Å². The highest BCUT2D eigenvalue weighted by atomic mass is 19.1. The van der Waals surface area contributed by atoms with Crippen molar-refractivity contribution in [3.05, 3.63) is 95.3 Å². The number of hydrogen-bond acceptors (Lipinski definition) is 6. The fraction of sp³-hybridized carbons (Fsp3) is 0.333. The van der Waals surface area contributed by atoms with Crippen molar-refractivity contribution in [1.29, 1.82) is 0 Å². The zero-order valence-corrected chi connectivity index (χ0v) is 21.8. The van der Waals surface area contributed by atoms with Gasteiger partial charge in [-0.05, 0) is 35.4 Å². The van der Waals surface area contributed by atoms with Crippen LogP contribution in [0.2, 0.25) is 0 Å². The topological polar surface area (TPSA) is 57.6 Å². The van der Waals surface area contributed by atoms with Crippen LogP contribution in [0.15, 0.2) is 77.9 Å². The molecule has 2 heterocycles. The molecule has 7 nitrogen and oxygen atoms in total. The molecule has 1 fully saturated rings. The summed E-state index contributed by atoms with van der Waals surface area (Å²) in [5.41, 5.74) is 3.70. The van der Waals surface area contributed by atoms with E-state index >= 15 is 0 Å². The molecule has 8 heteroatoms. The van der Waals surface area contributed by atoms with E-state index < -0.39 is 0 Å². The van der Waals surface area contributed by atoms with E-state index in [1.807, 2.05) is 24.3 Å². The van der Waals surface area contributed by atoms with Gasteiger partial charge in [-0.3, -0.25) is 14.6 Å². The lowest BCUT2D eigenvalue weighted by Crippen LogP contribution is -2.49. The average Bonchev–Trinajstić information content (AvgIpc) is 3.40. The summed E-state index contributed by atoms with van der Waals surface area (Å²) in [7, 11) is 3.21. The van der Waals surface area contributed by atoms with Gasteiger partial charge >= 0.3 is 0 Å². The summed E-state index contributed by atoms with van der Waals surface area (Å²) in [6, 6.07) is 22.0. The van der Waals surface area contributed by atoms with Gasteiger partial charge in [-0.15, -0.1) is 0 Å². The zero-order valence-electron chi connectivity index (χ0n) is 21.8. The van der Waals surface area contributed by atoms with Gasteiger partial charge in [0, 0.05) is 50.8 Å². The summed E-state index contributed by atoms with van der Waals surface area (Å²) in [5.74, 6) is 0.928. The molecular weight excluding hydrogens is 483 g/mol. The Kier molecular flexibility index (Phi) is 8.00. The van der Waals surface area contributed by atoms with Crippen molar-refractivity contribution in [2.24, 2.45) is 5.10 Å². The molecule has 3 aromatic carbocycles. The number of rotatable bonds is 8. The number of amides is 1. The van der Waals surface area contributed by atoms with Gasteiger partial charge in [0.05, 0.1) is 32.5 Å². The number of carbonyl (C=O) groups excluding carboxylic acids is 1. The van der Waals surface area contributed by atoms with Gasteiger partial charge in [0.25, 0.3) is 5.91 Å². The van der Waals surface area contributed by atoms with Crippen LogP contribution in [-0.2, 0) is 11.3 Å².